The molecule has 0 aliphatic carbocycles. The summed E-state index contributed by atoms with van der Waals surface area (Å²) in [5.41, 5.74) is 1.18. The van der Waals surface area contributed by atoms with Crippen LogP contribution in [0.1, 0.15) is 24.7 Å². The highest BCUT2D eigenvalue weighted by atomic mass is 16.2. The molecule has 0 bridgehead atoms. The number of amides is 2. The van der Waals surface area contributed by atoms with Gasteiger partial charge in [-0.25, -0.2) is 4.98 Å². The van der Waals surface area contributed by atoms with E-state index >= 15 is 0 Å². The van der Waals surface area contributed by atoms with Gasteiger partial charge in [-0.2, -0.15) is 0 Å². The van der Waals surface area contributed by atoms with Crippen molar-refractivity contribution in [1.29, 1.82) is 0 Å². The fraction of sp³-hybridized carbons (Fsp3) is 0.333. The monoisotopic (exact) mass is 300 g/mol. The van der Waals surface area contributed by atoms with Gasteiger partial charge in [-0.05, 0) is 31.5 Å². The predicted molar refractivity (Wildman–Crippen MR) is 81.7 cm³/mol. The molecule has 7 nitrogen and oxygen atoms in total. The van der Waals surface area contributed by atoms with Crippen molar-refractivity contribution in [1.82, 2.24) is 14.9 Å². The molecule has 0 radical (unpaired) electrons. The SMILES string of the molecule is CNc1ccc2c(=O)n(C3CCC(=O)NC3=O)c(C)nc2c1. The Morgan fingerprint density at radius 2 is 2.09 bits per heavy atom. The van der Waals surface area contributed by atoms with E-state index in [1.54, 1.807) is 32.2 Å². The Morgan fingerprint density at radius 3 is 2.77 bits per heavy atom. The smallest absolute Gasteiger partial charge is 0.262 e. The number of carbonyl (C=O) groups is 2. The Bertz CT molecular complexity index is 841. The van der Waals surface area contributed by atoms with Crippen LogP contribution in [-0.2, 0) is 9.59 Å². The molecule has 1 unspecified atom stereocenters. The van der Waals surface area contributed by atoms with Crippen molar-refractivity contribution in [2.24, 2.45) is 0 Å². The van der Waals surface area contributed by atoms with Crippen LogP contribution in [0.5, 0.6) is 0 Å². The van der Waals surface area contributed by atoms with Gasteiger partial charge in [0.05, 0.1) is 10.9 Å². The van der Waals surface area contributed by atoms with Crippen LogP contribution in [0.4, 0.5) is 5.69 Å². The molecule has 114 valence electrons. The lowest BCUT2D eigenvalue weighted by Gasteiger charge is -2.24. The average molecular weight is 300 g/mol. The second kappa shape index (κ2) is 5.25. The second-order valence-electron chi connectivity index (χ2n) is 5.28. The van der Waals surface area contributed by atoms with Crippen molar-refractivity contribution >= 4 is 28.4 Å². The number of nitrogens with zero attached hydrogens (tertiary/aromatic N) is 2. The van der Waals surface area contributed by atoms with Crippen molar-refractivity contribution in [2.45, 2.75) is 25.8 Å². The fourth-order valence-corrected chi connectivity index (χ4v) is 2.76. The quantitative estimate of drug-likeness (QED) is 0.797. The topological polar surface area (TPSA) is 93.1 Å². The number of hydrogen-bond donors (Lipinski definition) is 2. The summed E-state index contributed by atoms with van der Waals surface area (Å²) in [6.07, 6.45) is 0.534. The number of carbonyl (C=O) groups excluding carboxylic acids is 2. The first-order valence-corrected chi connectivity index (χ1v) is 7.05. The molecule has 2 amide bonds. The highest BCUT2D eigenvalue weighted by Gasteiger charge is 2.30. The third-order valence-corrected chi connectivity index (χ3v) is 3.89. The van der Waals surface area contributed by atoms with Crippen molar-refractivity contribution < 1.29 is 9.59 Å². The molecule has 2 N–H and O–H groups in total. The van der Waals surface area contributed by atoms with Crippen LogP contribution in [0.15, 0.2) is 23.0 Å². The van der Waals surface area contributed by atoms with Crippen molar-refractivity contribution in [3.8, 4) is 0 Å². The number of imide groups is 1. The maximum Gasteiger partial charge on any atom is 0.262 e. The molecule has 1 aliphatic rings. The van der Waals surface area contributed by atoms with Crippen LogP contribution in [0.2, 0.25) is 0 Å². The number of rotatable bonds is 2. The molecule has 1 aliphatic heterocycles. The Hall–Kier alpha value is -2.70. The Labute approximate surface area is 126 Å². The van der Waals surface area contributed by atoms with Crippen molar-refractivity contribution in [2.75, 3.05) is 12.4 Å². The predicted octanol–water partition coefficient (Wildman–Crippen LogP) is 0.724. The van der Waals surface area contributed by atoms with Crippen LogP contribution in [0, 0.1) is 6.92 Å². The molecule has 1 aromatic heterocycles. The molecule has 2 aromatic rings. The maximum atomic E-state index is 12.7. The van der Waals surface area contributed by atoms with Crippen LogP contribution in [-0.4, -0.2) is 28.4 Å². The number of aryl methyl sites for hydroxylation is 1. The summed E-state index contributed by atoms with van der Waals surface area (Å²) in [5.74, 6) is -0.297. The minimum atomic E-state index is -0.689. The van der Waals surface area contributed by atoms with Gasteiger partial charge >= 0.3 is 0 Å². The fourth-order valence-electron chi connectivity index (χ4n) is 2.76. The van der Waals surface area contributed by atoms with E-state index in [4.69, 9.17) is 0 Å². The van der Waals surface area contributed by atoms with Gasteiger partial charge in [0.2, 0.25) is 11.8 Å². The van der Waals surface area contributed by atoms with Gasteiger partial charge in [0.1, 0.15) is 11.9 Å². The summed E-state index contributed by atoms with van der Waals surface area (Å²) in [6.45, 7) is 1.69. The molecular formula is C15H16N4O3. The molecule has 3 rings (SSSR count). The Kier molecular flexibility index (Phi) is 3.40. The highest BCUT2D eigenvalue weighted by molar-refractivity contribution is 5.99. The van der Waals surface area contributed by atoms with Gasteiger partial charge in [0.15, 0.2) is 0 Å². The van der Waals surface area contributed by atoms with Gasteiger partial charge in [-0.15, -0.1) is 0 Å². The van der Waals surface area contributed by atoms with E-state index in [0.717, 1.165) is 5.69 Å². The molecule has 0 spiro atoms. The molecular weight excluding hydrogens is 284 g/mol. The summed E-state index contributed by atoms with van der Waals surface area (Å²) in [7, 11) is 1.79. The lowest BCUT2D eigenvalue weighted by atomic mass is 10.1. The van der Waals surface area contributed by atoms with Gasteiger partial charge in [-0.1, -0.05) is 0 Å². The van der Waals surface area contributed by atoms with E-state index in [-0.39, 0.29) is 17.9 Å². The number of fused-ring (bicyclic) bond motifs is 1. The highest BCUT2D eigenvalue weighted by Crippen LogP contribution is 2.21. The average Bonchev–Trinajstić information content (AvgIpc) is 2.48. The standard InChI is InChI=1S/C15H16N4O3/c1-8-17-11-7-9(16-2)3-4-10(11)15(22)19(8)12-5-6-13(20)18-14(12)21/h3-4,7,12,16H,5-6H2,1-2H3,(H,18,20,21). The number of benzene rings is 1. The van der Waals surface area contributed by atoms with E-state index in [9.17, 15) is 14.4 Å². The largest absolute Gasteiger partial charge is 0.388 e. The van der Waals surface area contributed by atoms with Crippen molar-refractivity contribution in [3.05, 3.63) is 34.4 Å². The molecule has 1 aromatic carbocycles. The molecule has 1 fully saturated rings. The molecule has 0 saturated carbocycles. The summed E-state index contributed by atoms with van der Waals surface area (Å²) in [4.78, 5) is 40.4. The minimum absolute atomic E-state index is 0.221. The van der Waals surface area contributed by atoms with E-state index in [1.807, 2.05) is 0 Å². The number of aromatic nitrogens is 2. The lowest BCUT2D eigenvalue weighted by Crippen LogP contribution is -2.45. The zero-order valence-corrected chi connectivity index (χ0v) is 12.3. The van der Waals surface area contributed by atoms with Gasteiger partial charge in [-0.3, -0.25) is 24.3 Å². The van der Waals surface area contributed by atoms with Crippen molar-refractivity contribution in [3.63, 3.8) is 0 Å². The molecule has 22 heavy (non-hydrogen) atoms. The Balaban J connectivity index is 2.16. The van der Waals surface area contributed by atoms with Gasteiger partial charge < -0.3 is 5.32 Å². The van der Waals surface area contributed by atoms with Crippen LogP contribution < -0.4 is 16.2 Å². The summed E-state index contributed by atoms with van der Waals surface area (Å²) < 4.78 is 1.38. The normalized spacial score (nSPS) is 18.4. The molecule has 1 saturated heterocycles. The summed E-state index contributed by atoms with van der Waals surface area (Å²) in [5, 5.41) is 5.72. The van der Waals surface area contributed by atoms with Crippen LogP contribution >= 0.6 is 0 Å². The zero-order valence-electron chi connectivity index (χ0n) is 12.3. The Morgan fingerprint density at radius 1 is 1.32 bits per heavy atom. The van der Waals surface area contributed by atoms with Crippen LogP contribution in [0.25, 0.3) is 10.9 Å². The summed E-state index contributed by atoms with van der Waals surface area (Å²) >= 11 is 0. The molecule has 2 heterocycles. The third-order valence-electron chi connectivity index (χ3n) is 3.89. The minimum Gasteiger partial charge on any atom is -0.388 e. The maximum absolute atomic E-state index is 12.7. The first-order chi connectivity index (χ1) is 10.5. The molecule has 1 atom stereocenters. The third kappa shape index (κ3) is 2.24. The molecule has 7 heteroatoms. The van der Waals surface area contributed by atoms with E-state index in [1.165, 1.54) is 4.57 Å². The van der Waals surface area contributed by atoms with E-state index in [2.05, 4.69) is 15.6 Å². The van der Waals surface area contributed by atoms with E-state index < -0.39 is 11.9 Å². The zero-order chi connectivity index (χ0) is 15.9. The summed E-state index contributed by atoms with van der Waals surface area (Å²) in [6, 6.07) is 4.58. The number of nitrogens with one attached hydrogen (secondary N) is 2. The number of anilines is 1. The number of piperidine rings is 1. The number of hydrogen-bond acceptors (Lipinski definition) is 5. The first-order valence-electron chi connectivity index (χ1n) is 7.05. The van der Waals surface area contributed by atoms with Crippen LogP contribution in [0.3, 0.4) is 0 Å². The second-order valence-corrected chi connectivity index (χ2v) is 5.28. The first kappa shape index (κ1) is 14.2. The van der Waals surface area contributed by atoms with Gasteiger partial charge in [0, 0.05) is 19.2 Å². The van der Waals surface area contributed by atoms with Gasteiger partial charge in [0.25, 0.3) is 5.56 Å². The lowest BCUT2D eigenvalue weighted by molar-refractivity contribution is -0.135. The van der Waals surface area contributed by atoms with E-state index in [0.29, 0.717) is 23.1 Å².